The topological polar surface area (TPSA) is 29.1 Å². The van der Waals surface area contributed by atoms with Crippen LogP contribution in [0, 0.1) is 13.8 Å². The van der Waals surface area contributed by atoms with Gasteiger partial charge in [-0.15, -0.1) is 0 Å². The molecule has 0 aliphatic rings. The highest BCUT2D eigenvalue weighted by Crippen LogP contribution is 2.29. The maximum Gasteiger partial charge on any atom is 0.416 e. The highest BCUT2D eigenvalue weighted by molar-refractivity contribution is 6.04. The van der Waals surface area contributed by atoms with Crippen LogP contribution in [0.2, 0.25) is 0 Å². The number of halogens is 3. The molecule has 0 amide bonds. The first kappa shape index (κ1) is 16.8. The van der Waals surface area contributed by atoms with Crippen LogP contribution in [0.4, 0.5) is 18.9 Å². The zero-order valence-electron chi connectivity index (χ0n) is 12.7. The third-order valence-corrected chi connectivity index (χ3v) is 3.49. The van der Waals surface area contributed by atoms with Crippen molar-refractivity contribution in [2.75, 3.05) is 5.32 Å². The summed E-state index contributed by atoms with van der Waals surface area (Å²) in [7, 11) is 0. The van der Waals surface area contributed by atoms with E-state index in [1.807, 2.05) is 19.9 Å². The zero-order chi connectivity index (χ0) is 17.0. The van der Waals surface area contributed by atoms with Crippen molar-refractivity contribution in [3.63, 3.8) is 0 Å². The van der Waals surface area contributed by atoms with E-state index in [9.17, 15) is 18.0 Å². The molecule has 0 heterocycles. The summed E-state index contributed by atoms with van der Waals surface area (Å²) in [6.07, 6.45) is -1.59. The minimum atomic E-state index is -4.35. The second-order valence-electron chi connectivity index (χ2n) is 5.22. The smallest absolute Gasteiger partial charge is 0.362 e. The summed E-state index contributed by atoms with van der Waals surface area (Å²) in [6, 6.07) is 10.0. The number of hydrogen-bond donors (Lipinski definition) is 1. The van der Waals surface area contributed by atoms with E-state index < -0.39 is 11.7 Å². The van der Waals surface area contributed by atoms with Crippen LogP contribution in [0.1, 0.15) is 27.0 Å². The minimum absolute atomic E-state index is 0.174. The molecule has 0 aromatic heterocycles. The molecular weight excluding hydrogens is 303 g/mol. The predicted octanol–water partition coefficient (Wildman–Crippen LogP) is 5.13. The summed E-state index contributed by atoms with van der Waals surface area (Å²) < 4.78 is 37.3. The number of alkyl halides is 3. The van der Waals surface area contributed by atoms with Gasteiger partial charge >= 0.3 is 6.18 Å². The van der Waals surface area contributed by atoms with E-state index >= 15 is 0 Å². The Morgan fingerprint density at radius 1 is 1.00 bits per heavy atom. The molecule has 0 saturated heterocycles. The fourth-order valence-corrected chi connectivity index (χ4v) is 1.96. The first-order valence-corrected chi connectivity index (χ1v) is 6.99. The number of rotatable bonds is 4. The fraction of sp³-hybridized carbons (Fsp3) is 0.167. The van der Waals surface area contributed by atoms with Crippen LogP contribution in [0.25, 0.3) is 0 Å². The van der Waals surface area contributed by atoms with Crippen molar-refractivity contribution in [3.8, 4) is 0 Å². The third kappa shape index (κ3) is 4.45. The summed E-state index contributed by atoms with van der Waals surface area (Å²) in [6.45, 7) is 3.89. The Kier molecular flexibility index (Phi) is 4.89. The molecule has 5 heteroatoms. The molecule has 0 aliphatic carbocycles. The number of benzene rings is 2. The van der Waals surface area contributed by atoms with Crippen LogP contribution in [-0.2, 0) is 6.18 Å². The summed E-state index contributed by atoms with van der Waals surface area (Å²) >= 11 is 0. The van der Waals surface area contributed by atoms with Gasteiger partial charge in [0.25, 0.3) is 0 Å². The van der Waals surface area contributed by atoms with Gasteiger partial charge in [0.05, 0.1) is 5.56 Å². The molecule has 23 heavy (non-hydrogen) atoms. The van der Waals surface area contributed by atoms with Gasteiger partial charge in [0, 0.05) is 23.5 Å². The minimum Gasteiger partial charge on any atom is -0.362 e. The van der Waals surface area contributed by atoms with Crippen molar-refractivity contribution in [2.24, 2.45) is 0 Å². The zero-order valence-corrected chi connectivity index (χ0v) is 12.7. The Morgan fingerprint density at radius 3 is 2.22 bits per heavy atom. The molecule has 0 unspecified atom stereocenters. The summed E-state index contributed by atoms with van der Waals surface area (Å²) in [5.74, 6) is -0.174. The van der Waals surface area contributed by atoms with Crippen LogP contribution < -0.4 is 5.32 Å². The van der Waals surface area contributed by atoms with E-state index in [2.05, 4.69) is 5.32 Å². The summed E-state index contributed by atoms with van der Waals surface area (Å²) in [5, 5.41) is 2.78. The highest BCUT2D eigenvalue weighted by atomic mass is 19.4. The lowest BCUT2D eigenvalue weighted by atomic mass is 10.0. The van der Waals surface area contributed by atoms with Gasteiger partial charge in [-0.25, -0.2) is 0 Å². The molecule has 0 saturated carbocycles. The lowest BCUT2D eigenvalue weighted by Crippen LogP contribution is -2.04. The molecule has 0 fully saturated rings. The van der Waals surface area contributed by atoms with Crippen LogP contribution in [-0.4, -0.2) is 5.78 Å². The van der Waals surface area contributed by atoms with Gasteiger partial charge in [0.2, 0.25) is 0 Å². The number of hydrogen-bond acceptors (Lipinski definition) is 2. The largest absolute Gasteiger partial charge is 0.416 e. The number of carbonyl (C=O) groups excluding carboxylic acids is 1. The molecule has 0 aliphatic heterocycles. The number of nitrogens with one attached hydrogen (secondary N) is 1. The Hall–Kier alpha value is -2.56. The molecule has 0 bridgehead atoms. The second kappa shape index (κ2) is 6.69. The van der Waals surface area contributed by atoms with Crippen molar-refractivity contribution in [1.29, 1.82) is 0 Å². The molecule has 2 rings (SSSR count). The molecule has 2 aromatic rings. The Morgan fingerprint density at radius 2 is 1.65 bits per heavy atom. The summed E-state index contributed by atoms with van der Waals surface area (Å²) in [5.41, 5.74) is 2.47. The third-order valence-electron chi connectivity index (χ3n) is 3.49. The first-order valence-electron chi connectivity index (χ1n) is 6.99. The van der Waals surface area contributed by atoms with Crippen molar-refractivity contribution >= 4 is 11.5 Å². The van der Waals surface area contributed by atoms with Gasteiger partial charge in [0.15, 0.2) is 5.78 Å². The van der Waals surface area contributed by atoms with Crippen LogP contribution in [0.3, 0.4) is 0 Å². The van der Waals surface area contributed by atoms with Crippen molar-refractivity contribution in [2.45, 2.75) is 20.0 Å². The van der Waals surface area contributed by atoms with Crippen LogP contribution in [0.15, 0.2) is 54.7 Å². The van der Waals surface area contributed by atoms with Crippen LogP contribution >= 0.6 is 0 Å². The summed E-state index contributed by atoms with van der Waals surface area (Å²) in [4.78, 5) is 12.0. The Balaban J connectivity index is 2.01. The molecule has 2 nitrogen and oxygen atoms in total. The van der Waals surface area contributed by atoms with E-state index in [-0.39, 0.29) is 5.78 Å². The standard InChI is InChI=1S/C18H16F3NO/c1-12-3-4-14(11-13(12)2)17(23)9-10-22-16-7-5-15(6-8-16)18(19,20)21/h3-11,22H,1-2H3/b10-9+. The molecule has 1 N–H and O–H groups in total. The lowest BCUT2D eigenvalue weighted by Gasteiger charge is -2.07. The van der Waals surface area contributed by atoms with Crippen molar-refractivity contribution < 1.29 is 18.0 Å². The normalized spacial score (nSPS) is 11.7. The van der Waals surface area contributed by atoms with Gasteiger partial charge in [-0.3, -0.25) is 4.79 Å². The molecule has 120 valence electrons. The van der Waals surface area contributed by atoms with E-state index in [1.165, 1.54) is 24.4 Å². The average Bonchev–Trinajstić information content (AvgIpc) is 2.49. The molecule has 0 spiro atoms. The number of allylic oxidation sites excluding steroid dienone is 1. The highest BCUT2D eigenvalue weighted by Gasteiger charge is 2.29. The average molecular weight is 319 g/mol. The Bertz CT molecular complexity index is 731. The van der Waals surface area contributed by atoms with E-state index in [0.717, 1.165) is 23.3 Å². The van der Waals surface area contributed by atoms with E-state index in [4.69, 9.17) is 0 Å². The number of ketones is 1. The molecule has 2 aromatic carbocycles. The Labute approximate surface area is 132 Å². The van der Waals surface area contributed by atoms with Gasteiger partial charge in [-0.05, 0) is 55.3 Å². The predicted molar refractivity (Wildman–Crippen MR) is 84.5 cm³/mol. The van der Waals surface area contributed by atoms with Crippen LogP contribution in [0.5, 0.6) is 0 Å². The van der Waals surface area contributed by atoms with Gasteiger partial charge in [-0.2, -0.15) is 13.2 Å². The fourth-order valence-electron chi connectivity index (χ4n) is 1.96. The lowest BCUT2D eigenvalue weighted by molar-refractivity contribution is -0.137. The first-order chi connectivity index (χ1) is 10.8. The van der Waals surface area contributed by atoms with Gasteiger partial charge in [-0.1, -0.05) is 12.1 Å². The SMILES string of the molecule is Cc1ccc(C(=O)/C=C/Nc2ccc(C(F)(F)F)cc2)cc1C. The molecule has 0 atom stereocenters. The maximum absolute atomic E-state index is 12.4. The van der Waals surface area contributed by atoms with Gasteiger partial charge < -0.3 is 5.32 Å². The van der Waals surface area contributed by atoms with E-state index in [0.29, 0.717) is 11.3 Å². The number of aryl methyl sites for hydroxylation is 2. The van der Waals surface area contributed by atoms with Crippen molar-refractivity contribution in [3.05, 3.63) is 77.0 Å². The molecule has 0 radical (unpaired) electrons. The molecular formula is C18H16F3NO. The monoisotopic (exact) mass is 319 g/mol. The quantitative estimate of drug-likeness (QED) is 0.625. The maximum atomic E-state index is 12.4. The number of carbonyl (C=O) groups is 1. The second-order valence-corrected chi connectivity index (χ2v) is 5.22. The van der Waals surface area contributed by atoms with Gasteiger partial charge in [0.1, 0.15) is 0 Å². The van der Waals surface area contributed by atoms with E-state index in [1.54, 1.807) is 12.1 Å². The van der Waals surface area contributed by atoms with Crippen molar-refractivity contribution in [1.82, 2.24) is 0 Å². The number of anilines is 1.